The van der Waals surface area contributed by atoms with E-state index in [1.165, 1.54) is 24.5 Å². The Morgan fingerprint density at radius 3 is 2.61 bits per heavy atom. The molecule has 1 amide bonds. The Labute approximate surface area is 109 Å². The molecule has 0 bridgehead atoms. The van der Waals surface area contributed by atoms with Crippen molar-refractivity contribution in [1.82, 2.24) is 4.98 Å². The fourth-order valence-electron chi connectivity index (χ4n) is 1.49. The highest BCUT2D eigenvalue weighted by molar-refractivity contribution is 6.34. The summed E-state index contributed by atoms with van der Waals surface area (Å²) in [6.07, 6.45) is 3.06. The first-order valence-corrected chi connectivity index (χ1v) is 5.63. The van der Waals surface area contributed by atoms with Gasteiger partial charge in [-0.25, -0.2) is 4.39 Å². The van der Waals surface area contributed by atoms with Crippen LogP contribution in [0.3, 0.4) is 0 Å². The van der Waals surface area contributed by atoms with Gasteiger partial charge in [0.2, 0.25) is 0 Å². The maximum Gasteiger partial charge on any atom is 0.260 e. The van der Waals surface area contributed by atoms with Gasteiger partial charge in [-0.3, -0.25) is 9.78 Å². The largest absolute Gasteiger partial charge is 0.322 e. The van der Waals surface area contributed by atoms with Crippen LogP contribution >= 0.6 is 11.6 Å². The highest BCUT2D eigenvalue weighted by atomic mass is 35.5. The summed E-state index contributed by atoms with van der Waals surface area (Å²) in [7, 11) is 0. The Morgan fingerprint density at radius 2 is 1.94 bits per heavy atom. The number of carbonyl (C=O) groups excluding carboxylic acids is 1. The first kappa shape index (κ1) is 12.5. The third kappa shape index (κ3) is 2.49. The second-order valence-electron chi connectivity index (χ2n) is 3.74. The van der Waals surface area contributed by atoms with E-state index in [1.54, 1.807) is 19.1 Å². The lowest BCUT2D eigenvalue weighted by atomic mass is 10.1. The van der Waals surface area contributed by atoms with Crippen molar-refractivity contribution < 1.29 is 9.18 Å². The van der Waals surface area contributed by atoms with Crippen molar-refractivity contribution >= 4 is 23.2 Å². The summed E-state index contributed by atoms with van der Waals surface area (Å²) in [5, 5.41) is 2.65. The van der Waals surface area contributed by atoms with Crippen molar-refractivity contribution in [2.24, 2.45) is 0 Å². The molecule has 3 nitrogen and oxygen atoms in total. The predicted molar refractivity (Wildman–Crippen MR) is 68.3 cm³/mol. The average Bonchev–Trinajstić information content (AvgIpc) is 2.36. The van der Waals surface area contributed by atoms with Crippen LogP contribution in [0.4, 0.5) is 10.1 Å². The van der Waals surface area contributed by atoms with Crippen LogP contribution in [0.5, 0.6) is 0 Å². The van der Waals surface area contributed by atoms with Crippen LogP contribution in [0, 0.1) is 12.7 Å². The van der Waals surface area contributed by atoms with E-state index in [0.29, 0.717) is 11.3 Å². The van der Waals surface area contributed by atoms with Crippen LogP contribution in [0.25, 0.3) is 0 Å². The van der Waals surface area contributed by atoms with Gasteiger partial charge >= 0.3 is 0 Å². The zero-order valence-electron chi connectivity index (χ0n) is 9.58. The Morgan fingerprint density at radius 1 is 1.28 bits per heavy atom. The second-order valence-corrected chi connectivity index (χ2v) is 4.15. The molecule has 0 unspecified atom stereocenters. The number of nitrogens with one attached hydrogen (secondary N) is 1. The molecule has 0 saturated heterocycles. The molecule has 0 aliphatic carbocycles. The number of benzene rings is 1. The van der Waals surface area contributed by atoms with E-state index in [4.69, 9.17) is 11.6 Å². The van der Waals surface area contributed by atoms with Gasteiger partial charge in [-0.15, -0.1) is 0 Å². The van der Waals surface area contributed by atoms with Crippen molar-refractivity contribution in [3.63, 3.8) is 0 Å². The van der Waals surface area contributed by atoms with Gasteiger partial charge < -0.3 is 5.32 Å². The van der Waals surface area contributed by atoms with Gasteiger partial charge in [0.1, 0.15) is 5.82 Å². The Kier molecular flexibility index (Phi) is 3.58. The number of nitrogens with zero attached hydrogens (tertiary/aromatic N) is 1. The number of carbonyl (C=O) groups is 1. The molecule has 0 saturated carbocycles. The van der Waals surface area contributed by atoms with Crippen molar-refractivity contribution in [2.45, 2.75) is 6.92 Å². The van der Waals surface area contributed by atoms with E-state index in [1.807, 2.05) is 0 Å². The van der Waals surface area contributed by atoms with E-state index in [2.05, 4.69) is 10.3 Å². The number of aromatic nitrogens is 1. The summed E-state index contributed by atoms with van der Waals surface area (Å²) in [6, 6.07) is 6.25. The van der Waals surface area contributed by atoms with Crippen LogP contribution in [0.1, 0.15) is 15.9 Å². The minimum atomic E-state index is -0.603. The summed E-state index contributed by atoms with van der Waals surface area (Å²) >= 11 is 5.85. The Bertz CT molecular complexity index is 587. The number of amides is 1. The number of anilines is 1. The Balaban J connectivity index is 2.33. The quantitative estimate of drug-likeness (QED) is 0.903. The van der Waals surface area contributed by atoms with Crippen molar-refractivity contribution in [3.8, 4) is 0 Å². The zero-order valence-corrected chi connectivity index (χ0v) is 10.3. The van der Waals surface area contributed by atoms with Crippen molar-refractivity contribution in [1.29, 1.82) is 0 Å². The summed E-state index contributed by atoms with van der Waals surface area (Å²) in [4.78, 5) is 15.8. The normalized spacial score (nSPS) is 10.2. The molecule has 18 heavy (non-hydrogen) atoms. The number of hydrogen-bond donors (Lipinski definition) is 1. The number of aryl methyl sites for hydroxylation is 1. The fraction of sp³-hybridized carbons (Fsp3) is 0.0769. The third-order valence-corrected chi connectivity index (χ3v) is 2.76. The number of halogens is 2. The fourth-order valence-corrected chi connectivity index (χ4v) is 1.73. The highest BCUT2D eigenvalue weighted by Crippen LogP contribution is 2.23. The lowest BCUT2D eigenvalue weighted by molar-refractivity contribution is 0.102. The van der Waals surface area contributed by atoms with E-state index >= 15 is 0 Å². The van der Waals surface area contributed by atoms with Gasteiger partial charge in [0.15, 0.2) is 0 Å². The summed E-state index contributed by atoms with van der Waals surface area (Å²) < 4.78 is 13.9. The SMILES string of the molecule is Cc1ccc(Cl)c(C(=O)Nc2ccncc2)c1F. The second kappa shape index (κ2) is 5.14. The van der Waals surface area contributed by atoms with Crippen LogP contribution in [-0.2, 0) is 0 Å². The number of rotatable bonds is 2. The maximum atomic E-state index is 13.9. The van der Waals surface area contributed by atoms with Crippen LogP contribution < -0.4 is 5.32 Å². The van der Waals surface area contributed by atoms with Gasteiger partial charge in [-0.2, -0.15) is 0 Å². The Hall–Kier alpha value is -1.94. The van der Waals surface area contributed by atoms with Gasteiger partial charge in [0.05, 0.1) is 10.6 Å². The molecule has 2 aromatic rings. The molecule has 1 aromatic heterocycles. The molecule has 0 fully saturated rings. The topological polar surface area (TPSA) is 42.0 Å². The molecule has 0 spiro atoms. The molecule has 5 heteroatoms. The minimum Gasteiger partial charge on any atom is -0.322 e. The smallest absolute Gasteiger partial charge is 0.260 e. The molecule has 1 aromatic carbocycles. The van der Waals surface area contributed by atoms with Crippen molar-refractivity contribution in [2.75, 3.05) is 5.32 Å². The minimum absolute atomic E-state index is 0.0876. The summed E-state index contributed by atoms with van der Waals surface area (Å²) in [5.41, 5.74) is 0.764. The molecule has 0 aliphatic heterocycles. The highest BCUT2D eigenvalue weighted by Gasteiger charge is 2.17. The van der Waals surface area contributed by atoms with Crippen LogP contribution in [0.2, 0.25) is 5.02 Å². The van der Waals surface area contributed by atoms with Gasteiger partial charge in [-0.05, 0) is 30.7 Å². The van der Waals surface area contributed by atoms with Gasteiger partial charge in [0, 0.05) is 18.1 Å². The standard InChI is InChI=1S/C13H10ClFN2O/c1-8-2-3-10(14)11(12(8)15)13(18)17-9-4-6-16-7-5-9/h2-7H,1H3,(H,16,17,18). The van der Waals surface area contributed by atoms with E-state index in [9.17, 15) is 9.18 Å². The maximum absolute atomic E-state index is 13.9. The molecule has 2 rings (SSSR count). The first-order valence-electron chi connectivity index (χ1n) is 5.25. The molecular weight excluding hydrogens is 255 g/mol. The van der Waals surface area contributed by atoms with Crippen LogP contribution in [0.15, 0.2) is 36.7 Å². The predicted octanol–water partition coefficient (Wildman–Crippen LogP) is 3.43. The van der Waals surface area contributed by atoms with E-state index in [0.717, 1.165) is 0 Å². The molecule has 92 valence electrons. The summed E-state index contributed by atoms with van der Waals surface area (Å²) in [6.45, 7) is 1.58. The van der Waals surface area contributed by atoms with Crippen molar-refractivity contribution in [3.05, 3.63) is 58.6 Å². The lowest BCUT2D eigenvalue weighted by Gasteiger charge is -2.09. The van der Waals surface area contributed by atoms with Gasteiger partial charge in [0.25, 0.3) is 5.91 Å². The lowest BCUT2D eigenvalue weighted by Crippen LogP contribution is -2.15. The average molecular weight is 265 g/mol. The molecule has 0 atom stereocenters. The molecular formula is C13H10ClFN2O. The first-order chi connectivity index (χ1) is 8.59. The van der Waals surface area contributed by atoms with Gasteiger partial charge in [-0.1, -0.05) is 17.7 Å². The summed E-state index contributed by atoms with van der Waals surface area (Å²) in [5.74, 6) is -1.18. The van der Waals surface area contributed by atoms with Crippen LogP contribution in [-0.4, -0.2) is 10.9 Å². The third-order valence-electron chi connectivity index (χ3n) is 2.45. The van der Waals surface area contributed by atoms with E-state index in [-0.39, 0.29) is 10.6 Å². The molecule has 0 radical (unpaired) electrons. The number of hydrogen-bond acceptors (Lipinski definition) is 2. The zero-order chi connectivity index (χ0) is 13.1. The number of pyridine rings is 1. The molecule has 1 heterocycles. The monoisotopic (exact) mass is 264 g/mol. The van der Waals surface area contributed by atoms with E-state index < -0.39 is 11.7 Å². The molecule has 1 N–H and O–H groups in total. The molecule has 0 aliphatic rings.